The Hall–Kier alpha value is -2.71. The van der Waals surface area contributed by atoms with Gasteiger partial charge in [-0.3, -0.25) is 4.79 Å². The Morgan fingerprint density at radius 1 is 1.21 bits per heavy atom. The van der Waals surface area contributed by atoms with Crippen LogP contribution in [0.15, 0.2) is 53.7 Å². The molecule has 0 aliphatic carbocycles. The summed E-state index contributed by atoms with van der Waals surface area (Å²) in [7, 11) is 1.62. The van der Waals surface area contributed by atoms with E-state index in [1.807, 2.05) is 43.3 Å². The molecule has 1 amide bonds. The third-order valence-electron chi connectivity index (χ3n) is 4.46. The van der Waals surface area contributed by atoms with E-state index in [0.717, 1.165) is 17.1 Å². The van der Waals surface area contributed by atoms with Crippen molar-refractivity contribution in [2.75, 3.05) is 17.9 Å². The maximum absolute atomic E-state index is 13.1. The van der Waals surface area contributed by atoms with Crippen LogP contribution >= 0.6 is 23.4 Å². The number of nitrogens with one attached hydrogen (secondary N) is 2. The van der Waals surface area contributed by atoms with E-state index in [9.17, 15) is 4.79 Å². The summed E-state index contributed by atoms with van der Waals surface area (Å²) in [6.45, 7) is 1.86. The average molecular weight is 416 g/mol. The number of ether oxygens (including phenoxy) is 1. The standard InChI is InChI=1S/C19H18ClN5O2S/c1-11-22-23-19-25(11)24-16(12-7-9-13(27-2)10-8-12)17(28-19)18(26)21-15-6-4-3-5-14(15)20/h3-10,16-17,24H,1-2H3,(H,21,26)/t16-,17+/m1/s1. The molecule has 3 aromatic rings. The zero-order chi connectivity index (χ0) is 19.7. The molecule has 1 aliphatic heterocycles. The minimum absolute atomic E-state index is 0.168. The molecule has 0 fully saturated rings. The zero-order valence-corrected chi connectivity index (χ0v) is 16.8. The molecule has 2 atom stereocenters. The number of aromatic nitrogens is 3. The number of amides is 1. The number of carbonyl (C=O) groups excluding carboxylic acids is 1. The lowest BCUT2D eigenvalue weighted by atomic mass is 10.0. The molecule has 28 heavy (non-hydrogen) atoms. The fraction of sp³-hybridized carbons (Fsp3) is 0.211. The van der Waals surface area contributed by atoms with Gasteiger partial charge in [-0.05, 0) is 36.8 Å². The van der Waals surface area contributed by atoms with Crippen LogP contribution in [-0.2, 0) is 4.79 Å². The van der Waals surface area contributed by atoms with Crippen molar-refractivity contribution in [3.63, 3.8) is 0 Å². The molecule has 2 N–H and O–H groups in total. The van der Waals surface area contributed by atoms with E-state index in [-0.39, 0.29) is 11.9 Å². The number of methoxy groups -OCH3 is 1. The van der Waals surface area contributed by atoms with Crippen LogP contribution < -0.4 is 15.5 Å². The molecule has 4 rings (SSSR count). The molecule has 2 heterocycles. The molecule has 1 aliphatic rings. The second-order valence-electron chi connectivity index (χ2n) is 6.25. The zero-order valence-electron chi connectivity index (χ0n) is 15.2. The number of aryl methyl sites for hydroxylation is 1. The van der Waals surface area contributed by atoms with Crippen molar-refractivity contribution in [2.24, 2.45) is 0 Å². The number of hydrogen-bond acceptors (Lipinski definition) is 6. The topological polar surface area (TPSA) is 81.1 Å². The Kier molecular flexibility index (Phi) is 5.15. The molecule has 9 heteroatoms. The van der Waals surface area contributed by atoms with Crippen LogP contribution in [0.4, 0.5) is 5.69 Å². The van der Waals surface area contributed by atoms with Crippen LogP contribution in [0.3, 0.4) is 0 Å². The maximum Gasteiger partial charge on any atom is 0.240 e. The number of halogens is 1. The molecule has 2 aromatic carbocycles. The Morgan fingerprint density at radius 3 is 2.68 bits per heavy atom. The van der Waals surface area contributed by atoms with Crippen molar-refractivity contribution >= 4 is 35.0 Å². The Labute approximate surface area is 171 Å². The van der Waals surface area contributed by atoms with Crippen LogP contribution in [0.5, 0.6) is 5.75 Å². The van der Waals surface area contributed by atoms with Crippen LogP contribution in [0.2, 0.25) is 5.02 Å². The molecular weight excluding hydrogens is 398 g/mol. The van der Waals surface area contributed by atoms with E-state index in [2.05, 4.69) is 20.9 Å². The van der Waals surface area contributed by atoms with Gasteiger partial charge in [0, 0.05) is 0 Å². The third kappa shape index (κ3) is 3.53. The number of benzene rings is 2. The van der Waals surface area contributed by atoms with E-state index >= 15 is 0 Å². The van der Waals surface area contributed by atoms with E-state index in [1.54, 1.807) is 23.9 Å². The highest BCUT2D eigenvalue weighted by Gasteiger charge is 2.37. The second-order valence-corrected chi connectivity index (χ2v) is 7.77. The van der Waals surface area contributed by atoms with Gasteiger partial charge in [0.25, 0.3) is 0 Å². The lowest BCUT2D eigenvalue weighted by Gasteiger charge is -2.32. The molecule has 1 aromatic heterocycles. The summed E-state index contributed by atoms with van der Waals surface area (Å²) in [6.07, 6.45) is 0. The molecule has 7 nitrogen and oxygen atoms in total. The quantitative estimate of drug-likeness (QED) is 0.677. The first kappa shape index (κ1) is 18.6. The number of rotatable bonds is 4. The molecular formula is C19H18ClN5O2S. The van der Waals surface area contributed by atoms with Gasteiger partial charge in [-0.25, -0.2) is 4.68 Å². The Morgan fingerprint density at radius 2 is 1.96 bits per heavy atom. The van der Waals surface area contributed by atoms with Gasteiger partial charge in [0.15, 0.2) is 0 Å². The lowest BCUT2D eigenvalue weighted by molar-refractivity contribution is -0.116. The molecule has 144 valence electrons. The predicted molar refractivity (Wildman–Crippen MR) is 110 cm³/mol. The van der Waals surface area contributed by atoms with Gasteiger partial charge in [0.05, 0.1) is 23.9 Å². The summed E-state index contributed by atoms with van der Waals surface area (Å²) in [5.41, 5.74) is 4.89. The maximum atomic E-state index is 13.1. The number of anilines is 1. The van der Waals surface area contributed by atoms with Crippen LogP contribution in [0.1, 0.15) is 17.4 Å². The van der Waals surface area contributed by atoms with Gasteiger partial charge in [-0.2, -0.15) is 0 Å². The van der Waals surface area contributed by atoms with E-state index < -0.39 is 5.25 Å². The number of carbonyl (C=O) groups is 1. The van der Waals surface area contributed by atoms with Gasteiger partial charge >= 0.3 is 0 Å². The number of thioether (sulfide) groups is 1. The van der Waals surface area contributed by atoms with Crippen molar-refractivity contribution in [3.8, 4) is 5.75 Å². The predicted octanol–water partition coefficient (Wildman–Crippen LogP) is 3.65. The first-order chi connectivity index (χ1) is 13.6. The fourth-order valence-electron chi connectivity index (χ4n) is 2.99. The van der Waals surface area contributed by atoms with Gasteiger partial charge in [0.1, 0.15) is 16.8 Å². The molecule has 0 unspecified atom stereocenters. The van der Waals surface area contributed by atoms with E-state index in [0.29, 0.717) is 15.9 Å². The van der Waals surface area contributed by atoms with Crippen LogP contribution in [0, 0.1) is 6.92 Å². The van der Waals surface area contributed by atoms with Crippen molar-refractivity contribution in [1.82, 2.24) is 14.9 Å². The number of fused-ring (bicyclic) bond motifs is 1. The third-order valence-corrected chi connectivity index (χ3v) is 6.01. The smallest absolute Gasteiger partial charge is 0.240 e. The first-order valence-electron chi connectivity index (χ1n) is 8.61. The van der Waals surface area contributed by atoms with Crippen molar-refractivity contribution in [2.45, 2.75) is 23.4 Å². The van der Waals surface area contributed by atoms with Gasteiger partial charge in [-0.15, -0.1) is 10.2 Å². The summed E-state index contributed by atoms with van der Waals surface area (Å²) < 4.78 is 7.05. The molecule has 0 radical (unpaired) electrons. The number of nitrogens with zero attached hydrogens (tertiary/aromatic N) is 3. The second kappa shape index (κ2) is 7.73. The number of hydrogen-bond donors (Lipinski definition) is 2. The van der Waals surface area contributed by atoms with Crippen molar-refractivity contribution in [1.29, 1.82) is 0 Å². The minimum Gasteiger partial charge on any atom is -0.497 e. The van der Waals surface area contributed by atoms with E-state index in [1.165, 1.54) is 11.8 Å². The summed E-state index contributed by atoms with van der Waals surface area (Å²) >= 11 is 7.57. The average Bonchev–Trinajstić information content (AvgIpc) is 3.09. The largest absolute Gasteiger partial charge is 0.497 e. The molecule has 0 saturated carbocycles. The number of para-hydroxylation sites is 1. The fourth-order valence-corrected chi connectivity index (χ4v) is 4.30. The first-order valence-corrected chi connectivity index (χ1v) is 9.87. The van der Waals surface area contributed by atoms with Crippen LogP contribution in [-0.4, -0.2) is 33.1 Å². The van der Waals surface area contributed by atoms with Crippen molar-refractivity contribution < 1.29 is 9.53 Å². The SMILES string of the molecule is COc1ccc([C@H]2Nn3c(C)nnc3S[C@@H]2C(=O)Nc2ccccc2Cl)cc1. The highest BCUT2D eigenvalue weighted by atomic mass is 35.5. The Bertz CT molecular complexity index is 1010. The summed E-state index contributed by atoms with van der Waals surface area (Å²) in [5, 5.41) is 11.8. The Balaban J connectivity index is 1.67. The molecule has 0 spiro atoms. The summed E-state index contributed by atoms with van der Waals surface area (Å²) in [6, 6.07) is 14.5. The summed E-state index contributed by atoms with van der Waals surface area (Å²) in [5.74, 6) is 1.31. The van der Waals surface area contributed by atoms with Crippen molar-refractivity contribution in [3.05, 3.63) is 64.9 Å². The highest BCUT2D eigenvalue weighted by Crippen LogP contribution is 2.38. The monoisotopic (exact) mass is 415 g/mol. The molecule has 0 saturated heterocycles. The van der Waals surface area contributed by atoms with Gasteiger partial charge in [0.2, 0.25) is 11.1 Å². The van der Waals surface area contributed by atoms with Gasteiger partial charge < -0.3 is 15.5 Å². The lowest BCUT2D eigenvalue weighted by Crippen LogP contribution is -2.41. The normalized spacial score (nSPS) is 18.1. The van der Waals surface area contributed by atoms with Crippen LogP contribution in [0.25, 0.3) is 0 Å². The summed E-state index contributed by atoms with van der Waals surface area (Å²) in [4.78, 5) is 13.1. The minimum atomic E-state index is -0.472. The van der Waals surface area contributed by atoms with E-state index in [4.69, 9.17) is 16.3 Å². The van der Waals surface area contributed by atoms with Gasteiger partial charge in [-0.1, -0.05) is 47.6 Å². The highest BCUT2D eigenvalue weighted by molar-refractivity contribution is 8.00. The molecule has 0 bridgehead atoms.